The van der Waals surface area contributed by atoms with Crippen LogP contribution in [0.5, 0.6) is 0 Å². The molecule has 0 unspecified atom stereocenters. The van der Waals surface area contributed by atoms with Crippen molar-refractivity contribution in [3.63, 3.8) is 0 Å². The minimum Gasteiger partial charge on any atom is -0.677 e. The molecule has 0 fully saturated rings. The van der Waals surface area contributed by atoms with Crippen molar-refractivity contribution in [3.8, 4) is 0 Å². The molecule has 0 aliphatic rings. The zero-order valence-corrected chi connectivity index (χ0v) is 10.2. The molecule has 2 heteroatoms. The third-order valence-corrected chi connectivity index (χ3v) is 1.35. The molecule has 0 saturated carbocycles. The maximum absolute atomic E-state index is 6.91. The normalized spacial score (nSPS) is 10.8. The predicted octanol–water partition coefficient (Wildman–Crippen LogP) is 3.25. The number of hydrogen-bond donors (Lipinski definition) is 0. The molecule has 0 bridgehead atoms. The molecule has 0 amide bonds. The van der Waals surface area contributed by atoms with E-state index in [4.69, 9.17) is 5.73 Å². The fraction of sp³-hybridized carbons (Fsp3) is 1.00. The Morgan fingerprint density at radius 1 is 1.10 bits per heavy atom. The Morgan fingerprint density at radius 2 is 1.60 bits per heavy atom. The van der Waals surface area contributed by atoms with Gasteiger partial charge in [0.2, 0.25) is 0 Å². The van der Waals surface area contributed by atoms with Gasteiger partial charge < -0.3 is 5.73 Å². The third-order valence-electron chi connectivity index (χ3n) is 1.35. The summed E-state index contributed by atoms with van der Waals surface area (Å²) in [6.07, 6.45) is 3.54. The van der Waals surface area contributed by atoms with Gasteiger partial charge in [-0.2, -0.15) is 6.54 Å². The fourth-order valence-electron chi connectivity index (χ4n) is 0.780. The molecular formula is C8H18NY-. The molecule has 59 valence electrons. The van der Waals surface area contributed by atoms with Crippen molar-refractivity contribution in [2.24, 2.45) is 5.41 Å². The Balaban J connectivity index is 0. The fourth-order valence-corrected chi connectivity index (χ4v) is 0.780. The summed E-state index contributed by atoms with van der Waals surface area (Å²) in [5.74, 6) is 0. The van der Waals surface area contributed by atoms with Crippen molar-refractivity contribution < 1.29 is 32.7 Å². The number of rotatable bonds is 3. The molecule has 0 aliphatic carbocycles. The Kier molecular flexibility index (Phi) is 9.21. The van der Waals surface area contributed by atoms with Crippen LogP contribution in [0, 0.1) is 5.41 Å². The van der Waals surface area contributed by atoms with Crippen LogP contribution >= 0.6 is 0 Å². The van der Waals surface area contributed by atoms with E-state index >= 15 is 0 Å². The smallest absolute Gasteiger partial charge is 0 e. The minimum absolute atomic E-state index is 0. The van der Waals surface area contributed by atoms with Crippen molar-refractivity contribution in [1.82, 2.24) is 0 Å². The predicted molar refractivity (Wildman–Crippen MR) is 42.5 cm³/mol. The van der Waals surface area contributed by atoms with Crippen LogP contribution in [0.2, 0.25) is 0 Å². The summed E-state index contributed by atoms with van der Waals surface area (Å²) in [7, 11) is 0. The van der Waals surface area contributed by atoms with Gasteiger partial charge in [0.25, 0.3) is 0 Å². The van der Waals surface area contributed by atoms with Crippen LogP contribution < -0.4 is 0 Å². The largest absolute Gasteiger partial charge is 0.677 e. The van der Waals surface area contributed by atoms with E-state index in [0.717, 1.165) is 6.42 Å². The zero-order chi connectivity index (χ0) is 7.33. The molecular weight excluding hydrogens is 199 g/mol. The molecule has 0 spiro atoms. The maximum atomic E-state index is 6.91. The van der Waals surface area contributed by atoms with E-state index in [0.29, 0.717) is 12.0 Å². The minimum atomic E-state index is 0. The van der Waals surface area contributed by atoms with Crippen molar-refractivity contribution >= 4 is 0 Å². The van der Waals surface area contributed by atoms with Gasteiger partial charge >= 0.3 is 0 Å². The van der Waals surface area contributed by atoms with E-state index in [1.165, 1.54) is 12.8 Å². The monoisotopic (exact) mass is 217 g/mol. The van der Waals surface area contributed by atoms with Crippen LogP contribution in [0.25, 0.3) is 5.73 Å². The molecule has 0 aromatic heterocycles. The summed E-state index contributed by atoms with van der Waals surface area (Å²) in [6, 6.07) is 0. The van der Waals surface area contributed by atoms with Crippen LogP contribution in [-0.2, 0) is 32.7 Å². The quantitative estimate of drug-likeness (QED) is 0.648. The second kappa shape index (κ2) is 6.75. The van der Waals surface area contributed by atoms with Gasteiger partial charge in [0.05, 0.1) is 0 Å². The van der Waals surface area contributed by atoms with Gasteiger partial charge in [0, 0.05) is 32.7 Å². The van der Waals surface area contributed by atoms with Gasteiger partial charge in [-0.15, -0.1) is 0 Å². The van der Waals surface area contributed by atoms with Crippen molar-refractivity contribution in [2.75, 3.05) is 6.54 Å². The molecule has 0 aliphatic heterocycles. The summed E-state index contributed by atoms with van der Waals surface area (Å²) in [5.41, 5.74) is 7.38. The molecule has 0 saturated heterocycles. The van der Waals surface area contributed by atoms with E-state index < -0.39 is 0 Å². The molecule has 0 aromatic rings. The molecule has 0 heterocycles. The summed E-state index contributed by atoms with van der Waals surface area (Å²) in [5, 5.41) is 0. The van der Waals surface area contributed by atoms with Crippen LogP contribution in [-0.4, -0.2) is 6.54 Å². The Hall–Kier alpha value is 1.06. The molecule has 1 nitrogen and oxygen atoms in total. The summed E-state index contributed by atoms with van der Waals surface area (Å²) >= 11 is 0. The van der Waals surface area contributed by atoms with Gasteiger partial charge in [-0.25, -0.2) is 0 Å². The van der Waals surface area contributed by atoms with Gasteiger partial charge in [-0.3, -0.25) is 0 Å². The van der Waals surface area contributed by atoms with E-state index in [-0.39, 0.29) is 32.7 Å². The Morgan fingerprint density at radius 3 is 1.90 bits per heavy atom. The Labute approximate surface area is 90.0 Å². The average Bonchev–Trinajstić information content (AvgIpc) is 1.63. The van der Waals surface area contributed by atoms with Crippen molar-refractivity contribution in [1.29, 1.82) is 0 Å². The van der Waals surface area contributed by atoms with Crippen LogP contribution in [0.4, 0.5) is 0 Å². The summed E-state index contributed by atoms with van der Waals surface area (Å²) in [6.45, 7) is 7.33. The van der Waals surface area contributed by atoms with E-state index in [1.54, 1.807) is 0 Å². The van der Waals surface area contributed by atoms with Gasteiger partial charge in [0.15, 0.2) is 0 Å². The van der Waals surface area contributed by atoms with E-state index in [9.17, 15) is 0 Å². The van der Waals surface area contributed by atoms with Gasteiger partial charge in [-0.1, -0.05) is 33.6 Å². The summed E-state index contributed by atoms with van der Waals surface area (Å²) in [4.78, 5) is 0. The third kappa shape index (κ3) is 11.8. The molecule has 0 aromatic carbocycles. The first-order valence-corrected chi connectivity index (χ1v) is 3.71. The van der Waals surface area contributed by atoms with Crippen molar-refractivity contribution in [3.05, 3.63) is 5.73 Å². The van der Waals surface area contributed by atoms with Crippen LogP contribution in [0.15, 0.2) is 0 Å². The standard InChI is InChI=1S/C8H18N.Y/c1-8(2,3)6-4-5-7-9;/h9H,4-7H2,1-3H3;/q-1;. The SMILES string of the molecule is CC(C)(C)CCCC[NH-].[Y]. The van der Waals surface area contributed by atoms with Gasteiger partial charge in [0.1, 0.15) is 0 Å². The molecule has 1 N–H and O–H groups in total. The van der Waals surface area contributed by atoms with E-state index in [1.807, 2.05) is 0 Å². The molecule has 10 heavy (non-hydrogen) atoms. The number of unbranched alkanes of at least 4 members (excludes halogenated alkanes) is 1. The molecule has 0 atom stereocenters. The van der Waals surface area contributed by atoms with Crippen LogP contribution in [0.1, 0.15) is 40.0 Å². The topological polar surface area (TPSA) is 23.8 Å². The first-order valence-electron chi connectivity index (χ1n) is 3.71. The number of hydrogen-bond acceptors (Lipinski definition) is 0. The molecule has 1 radical (unpaired) electrons. The van der Waals surface area contributed by atoms with Gasteiger partial charge in [-0.05, 0) is 11.8 Å². The molecule has 0 rings (SSSR count). The maximum Gasteiger partial charge on any atom is 0 e. The van der Waals surface area contributed by atoms with Crippen molar-refractivity contribution in [2.45, 2.75) is 40.0 Å². The number of nitrogens with one attached hydrogen (secondary N) is 1. The Bertz CT molecular complexity index is 66.1. The van der Waals surface area contributed by atoms with E-state index in [2.05, 4.69) is 20.8 Å². The first kappa shape index (κ1) is 13.6. The average molecular weight is 217 g/mol. The second-order valence-electron chi connectivity index (χ2n) is 3.77. The zero-order valence-electron chi connectivity index (χ0n) is 7.41. The first-order chi connectivity index (χ1) is 4.06. The second-order valence-corrected chi connectivity index (χ2v) is 3.77. The summed E-state index contributed by atoms with van der Waals surface area (Å²) < 4.78 is 0. The van der Waals surface area contributed by atoms with Crippen LogP contribution in [0.3, 0.4) is 0 Å².